The van der Waals surface area contributed by atoms with Gasteiger partial charge in [-0.25, -0.2) is 4.79 Å². The zero-order valence-electron chi connectivity index (χ0n) is 5.88. The van der Waals surface area contributed by atoms with Crippen molar-refractivity contribution in [1.82, 2.24) is 0 Å². The van der Waals surface area contributed by atoms with Crippen molar-refractivity contribution in [1.29, 1.82) is 0 Å². The van der Waals surface area contributed by atoms with Gasteiger partial charge in [0.25, 0.3) is 0 Å². The first-order chi connectivity index (χ1) is 5.58. The normalized spacial score (nSPS) is 9.50. The fourth-order valence-electron chi connectivity index (χ4n) is 0.704. The maximum Gasteiger partial charge on any atom is 0.409 e. The number of ether oxygens (including phenoxy) is 1. The molecule has 0 unspecified atom stereocenters. The lowest BCUT2D eigenvalue weighted by atomic mass is 10.3. The molecule has 0 aliphatic carbocycles. The van der Waals surface area contributed by atoms with E-state index in [-0.39, 0.29) is 5.75 Å². The molecule has 5 heteroatoms. The summed E-state index contributed by atoms with van der Waals surface area (Å²) in [6, 6.07) is 4.41. The molecule has 0 saturated carbocycles. The van der Waals surface area contributed by atoms with Gasteiger partial charge in [0.05, 0.1) is 0 Å². The Morgan fingerprint density at radius 2 is 1.75 bits per heavy atom. The van der Waals surface area contributed by atoms with Gasteiger partial charge >= 0.3 is 6.09 Å². The SMILES string of the molecule is NC(=O)Oc1cc(Cl)cc(Cl)c1. The molecule has 12 heavy (non-hydrogen) atoms. The molecule has 0 radical (unpaired) electrons. The molecular weight excluding hydrogens is 201 g/mol. The Balaban J connectivity index is 2.93. The number of hydrogen-bond acceptors (Lipinski definition) is 2. The van der Waals surface area contributed by atoms with Gasteiger partial charge in [-0.3, -0.25) is 0 Å². The van der Waals surface area contributed by atoms with Crippen molar-refractivity contribution < 1.29 is 9.53 Å². The summed E-state index contributed by atoms with van der Waals surface area (Å²) in [6.45, 7) is 0. The second-order valence-corrected chi connectivity index (χ2v) is 2.90. The third-order valence-electron chi connectivity index (χ3n) is 1.05. The first-order valence-electron chi connectivity index (χ1n) is 3.01. The summed E-state index contributed by atoms with van der Waals surface area (Å²) in [6.07, 6.45) is -0.895. The summed E-state index contributed by atoms with van der Waals surface area (Å²) >= 11 is 11.2. The molecule has 0 aromatic heterocycles. The number of hydrogen-bond donors (Lipinski definition) is 1. The molecule has 0 aliphatic heterocycles. The third kappa shape index (κ3) is 2.60. The number of benzene rings is 1. The van der Waals surface area contributed by atoms with E-state index in [1.54, 1.807) is 0 Å². The van der Waals surface area contributed by atoms with Crippen LogP contribution in [0.5, 0.6) is 5.75 Å². The molecule has 1 aromatic carbocycles. The standard InChI is InChI=1S/C7H5Cl2NO2/c8-4-1-5(9)3-6(2-4)12-7(10)11/h1-3H,(H2,10,11). The van der Waals surface area contributed by atoms with E-state index in [9.17, 15) is 4.79 Å². The van der Waals surface area contributed by atoms with Gasteiger partial charge in [-0.2, -0.15) is 0 Å². The van der Waals surface area contributed by atoms with Crippen LogP contribution in [0, 0.1) is 0 Å². The van der Waals surface area contributed by atoms with E-state index in [0.717, 1.165) is 0 Å². The number of rotatable bonds is 1. The number of carbonyl (C=O) groups is 1. The number of amides is 1. The van der Waals surface area contributed by atoms with E-state index in [1.807, 2.05) is 0 Å². The van der Waals surface area contributed by atoms with Crippen LogP contribution in [-0.4, -0.2) is 6.09 Å². The minimum absolute atomic E-state index is 0.236. The lowest BCUT2D eigenvalue weighted by Gasteiger charge is -2.00. The van der Waals surface area contributed by atoms with Crippen LogP contribution in [0.1, 0.15) is 0 Å². The maximum atomic E-state index is 10.3. The third-order valence-corrected chi connectivity index (χ3v) is 1.49. The Hall–Kier alpha value is -0.930. The lowest BCUT2D eigenvalue weighted by molar-refractivity contribution is 0.211. The van der Waals surface area contributed by atoms with Crippen LogP contribution < -0.4 is 10.5 Å². The Bertz CT molecular complexity index is 294. The van der Waals surface area contributed by atoms with E-state index in [1.165, 1.54) is 18.2 Å². The van der Waals surface area contributed by atoms with E-state index < -0.39 is 6.09 Å². The largest absolute Gasteiger partial charge is 0.410 e. The minimum atomic E-state index is -0.895. The molecular formula is C7H5Cl2NO2. The van der Waals surface area contributed by atoms with Gasteiger partial charge in [-0.15, -0.1) is 0 Å². The summed E-state index contributed by atoms with van der Waals surface area (Å²) in [7, 11) is 0. The molecule has 1 aromatic rings. The number of halogens is 2. The van der Waals surface area contributed by atoms with E-state index >= 15 is 0 Å². The highest BCUT2D eigenvalue weighted by Crippen LogP contribution is 2.23. The van der Waals surface area contributed by atoms with Crippen LogP contribution in [-0.2, 0) is 0 Å². The summed E-state index contributed by atoms with van der Waals surface area (Å²) in [4.78, 5) is 10.3. The highest BCUT2D eigenvalue weighted by atomic mass is 35.5. The Kier molecular flexibility index (Phi) is 2.78. The molecule has 64 valence electrons. The van der Waals surface area contributed by atoms with E-state index in [2.05, 4.69) is 4.74 Å². The topological polar surface area (TPSA) is 52.3 Å². The summed E-state index contributed by atoms with van der Waals surface area (Å²) < 4.78 is 4.55. The second kappa shape index (κ2) is 3.65. The quantitative estimate of drug-likeness (QED) is 0.766. The van der Waals surface area contributed by atoms with Gasteiger partial charge in [-0.1, -0.05) is 23.2 Å². The number of nitrogens with two attached hydrogens (primary N) is 1. The average molecular weight is 206 g/mol. The zero-order chi connectivity index (χ0) is 9.14. The molecule has 0 bridgehead atoms. The monoisotopic (exact) mass is 205 g/mol. The van der Waals surface area contributed by atoms with Crippen LogP contribution in [0.3, 0.4) is 0 Å². The van der Waals surface area contributed by atoms with E-state index in [0.29, 0.717) is 10.0 Å². The molecule has 0 aliphatic rings. The molecule has 1 rings (SSSR count). The van der Waals surface area contributed by atoms with Gasteiger partial charge in [0.1, 0.15) is 5.75 Å². The molecule has 2 N–H and O–H groups in total. The highest BCUT2D eigenvalue weighted by molar-refractivity contribution is 6.34. The van der Waals surface area contributed by atoms with Crippen molar-refractivity contribution in [3.05, 3.63) is 28.2 Å². The van der Waals surface area contributed by atoms with Crippen molar-refractivity contribution in [2.45, 2.75) is 0 Å². The fourth-order valence-corrected chi connectivity index (χ4v) is 1.21. The smallest absolute Gasteiger partial charge is 0.409 e. The van der Waals surface area contributed by atoms with Crippen molar-refractivity contribution in [2.24, 2.45) is 5.73 Å². The molecule has 0 atom stereocenters. The first kappa shape index (κ1) is 9.16. The summed E-state index contributed by atoms with van der Waals surface area (Å²) in [5, 5.41) is 0.775. The first-order valence-corrected chi connectivity index (χ1v) is 3.77. The minimum Gasteiger partial charge on any atom is -0.410 e. The molecule has 0 heterocycles. The summed E-state index contributed by atoms with van der Waals surface area (Å²) in [5.74, 6) is 0.236. The summed E-state index contributed by atoms with van der Waals surface area (Å²) in [5.41, 5.74) is 4.78. The Labute approximate surface area is 79.0 Å². The fraction of sp³-hybridized carbons (Fsp3) is 0. The van der Waals surface area contributed by atoms with Crippen molar-refractivity contribution in [2.75, 3.05) is 0 Å². The van der Waals surface area contributed by atoms with Gasteiger partial charge in [0.15, 0.2) is 0 Å². The van der Waals surface area contributed by atoms with Crippen LogP contribution >= 0.6 is 23.2 Å². The van der Waals surface area contributed by atoms with Crippen molar-refractivity contribution >= 4 is 29.3 Å². The van der Waals surface area contributed by atoms with Crippen molar-refractivity contribution in [3.8, 4) is 5.75 Å². The predicted octanol–water partition coefficient (Wildman–Crippen LogP) is 2.45. The zero-order valence-corrected chi connectivity index (χ0v) is 7.39. The van der Waals surface area contributed by atoms with Crippen molar-refractivity contribution in [3.63, 3.8) is 0 Å². The molecule has 0 spiro atoms. The molecule has 1 amide bonds. The number of carbonyl (C=O) groups excluding carboxylic acids is 1. The molecule has 0 fully saturated rings. The second-order valence-electron chi connectivity index (χ2n) is 2.03. The van der Waals surface area contributed by atoms with Crippen LogP contribution in [0.4, 0.5) is 4.79 Å². The Morgan fingerprint density at radius 1 is 1.25 bits per heavy atom. The van der Waals surface area contributed by atoms with Crippen LogP contribution in [0.25, 0.3) is 0 Å². The van der Waals surface area contributed by atoms with E-state index in [4.69, 9.17) is 28.9 Å². The molecule has 3 nitrogen and oxygen atoms in total. The average Bonchev–Trinajstić information content (AvgIpc) is 1.81. The molecule has 0 saturated heterocycles. The maximum absolute atomic E-state index is 10.3. The van der Waals surface area contributed by atoms with Crippen LogP contribution in [0.2, 0.25) is 10.0 Å². The van der Waals surface area contributed by atoms with Crippen LogP contribution in [0.15, 0.2) is 18.2 Å². The highest BCUT2D eigenvalue weighted by Gasteiger charge is 2.01. The van der Waals surface area contributed by atoms with Gasteiger partial charge in [0, 0.05) is 10.0 Å². The predicted molar refractivity (Wildman–Crippen MR) is 46.7 cm³/mol. The number of primary amides is 1. The lowest BCUT2D eigenvalue weighted by Crippen LogP contribution is -2.16. The Morgan fingerprint density at radius 3 is 2.17 bits per heavy atom. The van der Waals surface area contributed by atoms with Gasteiger partial charge in [0.2, 0.25) is 0 Å². The van der Waals surface area contributed by atoms with Gasteiger partial charge < -0.3 is 10.5 Å². The van der Waals surface area contributed by atoms with Gasteiger partial charge in [-0.05, 0) is 18.2 Å².